The largest absolute Gasteiger partial charge is 0.434 e. The normalized spacial score (nSPS) is 31.2. The third-order valence-electron chi connectivity index (χ3n) is 4.47. The lowest BCUT2D eigenvalue weighted by Gasteiger charge is -2.44. The van der Waals surface area contributed by atoms with Gasteiger partial charge in [-0.25, -0.2) is 0 Å². The fourth-order valence-electron chi connectivity index (χ4n) is 3.48. The Hall–Kier alpha value is -1.48. The Morgan fingerprint density at radius 3 is 3.04 bits per heavy atom. The summed E-state index contributed by atoms with van der Waals surface area (Å²) in [4.78, 5) is 24.4. The number of hydrogen-bond donors (Lipinski definition) is 3. The molecule has 0 aromatic heterocycles. The Kier molecular flexibility index (Phi) is 7.16. The van der Waals surface area contributed by atoms with Gasteiger partial charge in [-0.05, 0) is 25.5 Å². The van der Waals surface area contributed by atoms with Crippen LogP contribution in [0.3, 0.4) is 0 Å². The van der Waals surface area contributed by atoms with Crippen LogP contribution in [0.15, 0.2) is 11.8 Å². The van der Waals surface area contributed by atoms with Crippen LogP contribution in [-0.4, -0.2) is 72.9 Å². The fourth-order valence-corrected chi connectivity index (χ4v) is 3.48. The van der Waals surface area contributed by atoms with Gasteiger partial charge in [-0.15, -0.1) is 0 Å². The van der Waals surface area contributed by atoms with Gasteiger partial charge in [0.1, 0.15) is 5.76 Å². The molecule has 4 atom stereocenters. The number of likely N-dealkylation sites (tertiary alicyclic amines) is 1. The van der Waals surface area contributed by atoms with Crippen molar-refractivity contribution in [2.45, 2.75) is 50.4 Å². The number of aliphatic hydroxyl groups excluding tert-OH is 1. The number of hydrogen-bond acceptors (Lipinski definition) is 7. The van der Waals surface area contributed by atoms with Gasteiger partial charge in [0.05, 0.1) is 31.4 Å². The van der Waals surface area contributed by atoms with Crippen LogP contribution < -0.4 is 11.1 Å². The van der Waals surface area contributed by atoms with Crippen molar-refractivity contribution in [2.24, 2.45) is 5.73 Å². The standard InChI is InChI=1S/C16H27N3O5/c1-11(22)18-16-14(17)7-13(24-10-21)8-15(16)19-4-2-3-12(9-19)23-6-5-20/h8,10,12,14-16,20H,2-7,9,17H2,1H3,(H,18,22)/t12-,14+,15-,16-/m1/s1. The van der Waals surface area contributed by atoms with Crippen LogP contribution in [0, 0.1) is 0 Å². The van der Waals surface area contributed by atoms with Crippen LogP contribution >= 0.6 is 0 Å². The van der Waals surface area contributed by atoms with Gasteiger partial charge in [0.15, 0.2) is 0 Å². The van der Waals surface area contributed by atoms with E-state index >= 15 is 0 Å². The summed E-state index contributed by atoms with van der Waals surface area (Å²) in [6.45, 7) is 3.70. The molecule has 1 heterocycles. The van der Waals surface area contributed by atoms with Crippen LogP contribution in [0.5, 0.6) is 0 Å². The number of aliphatic hydroxyl groups is 1. The molecule has 1 aliphatic carbocycles. The summed E-state index contributed by atoms with van der Waals surface area (Å²) in [7, 11) is 0. The maximum Gasteiger partial charge on any atom is 0.298 e. The second kappa shape index (κ2) is 9.12. The predicted molar refractivity (Wildman–Crippen MR) is 86.8 cm³/mol. The number of nitrogens with zero attached hydrogens (tertiary/aromatic N) is 1. The molecule has 24 heavy (non-hydrogen) atoms. The molecule has 8 nitrogen and oxygen atoms in total. The smallest absolute Gasteiger partial charge is 0.298 e. The van der Waals surface area contributed by atoms with Gasteiger partial charge >= 0.3 is 0 Å². The van der Waals surface area contributed by atoms with E-state index in [-0.39, 0.29) is 36.7 Å². The van der Waals surface area contributed by atoms with Crippen molar-refractivity contribution in [3.8, 4) is 0 Å². The molecular formula is C16H27N3O5. The van der Waals surface area contributed by atoms with Crippen molar-refractivity contribution in [2.75, 3.05) is 26.3 Å². The molecule has 0 bridgehead atoms. The zero-order chi connectivity index (χ0) is 17.5. The van der Waals surface area contributed by atoms with Crippen molar-refractivity contribution < 1.29 is 24.2 Å². The van der Waals surface area contributed by atoms with Gasteiger partial charge in [0.2, 0.25) is 5.91 Å². The van der Waals surface area contributed by atoms with Gasteiger partial charge in [0.25, 0.3) is 6.47 Å². The molecule has 0 unspecified atom stereocenters. The molecule has 4 N–H and O–H groups in total. The first-order valence-electron chi connectivity index (χ1n) is 8.35. The van der Waals surface area contributed by atoms with Crippen molar-refractivity contribution in [3.63, 3.8) is 0 Å². The molecule has 2 aliphatic rings. The number of carbonyl (C=O) groups is 2. The molecule has 1 amide bonds. The molecule has 2 rings (SSSR count). The third-order valence-corrected chi connectivity index (χ3v) is 4.47. The van der Waals surface area contributed by atoms with Crippen LogP contribution in [-0.2, 0) is 19.1 Å². The molecule has 0 spiro atoms. The van der Waals surface area contributed by atoms with Gasteiger partial charge in [-0.2, -0.15) is 0 Å². The second-order valence-electron chi connectivity index (χ2n) is 6.29. The SMILES string of the molecule is CC(=O)N[C@H]1[C@H](N2CCC[C@@H](OCCO)C2)C=C(OC=O)C[C@@H]1N. The Balaban J connectivity index is 2.14. The summed E-state index contributed by atoms with van der Waals surface area (Å²) in [5.74, 6) is 0.390. The molecule has 0 aromatic carbocycles. The van der Waals surface area contributed by atoms with E-state index in [1.165, 1.54) is 6.92 Å². The van der Waals surface area contributed by atoms with E-state index in [0.717, 1.165) is 19.4 Å². The number of amides is 1. The fraction of sp³-hybridized carbons (Fsp3) is 0.750. The minimum atomic E-state index is -0.336. The quantitative estimate of drug-likeness (QED) is 0.515. The Morgan fingerprint density at radius 2 is 2.38 bits per heavy atom. The highest BCUT2D eigenvalue weighted by atomic mass is 16.5. The molecule has 1 fully saturated rings. The van der Waals surface area contributed by atoms with Crippen LogP contribution in [0.25, 0.3) is 0 Å². The highest BCUT2D eigenvalue weighted by molar-refractivity contribution is 5.73. The van der Waals surface area contributed by atoms with Gasteiger partial charge in [-0.1, -0.05) is 0 Å². The van der Waals surface area contributed by atoms with E-state index in [1.807, 2.05) is 6.08 Å². The highest BCUT2D eigenvalue weighted by Crippen LogP contribution is 2.26. The van der Waals surface area contributed by atoms with Crippen LogP contribution in [0.1, 0.15) is 26.2 Å². The number of nitrogens with two attached hydrogens (primary N) is 1. The molecule has 0 radical (unpaired) electrons. The number of rotatable bonds is 7. The third kappa shape index (κ3) is 5.01. The Bertz CT molecular complexity index is 471. The lowest BCUT2D eigenvalue weighted by atomic mass is 9.88. The van der Waals surface area contributed by atoms with Crippen LogP contribution in [0.2, 0.25) is 0 Å². The van der Waals surface area contributed by atoms with Crippen LogP contribution in [0.4, 0.5) is 0 Å². The maximum absolute atomic E-state index is 11.6. The lowest BCUT2D eigenvalue weighted by Crippen LogP contribution is -2.62. The second-order valence-corrected chi connectivity index (χ2v) is 6.29. The molecular weight excluding hydrogens is 314 g/mol. The van der Waals surface area contributed by atoms with Crippen molar-refractivity contribution in [1.29, 1.82) is 0 Å². The first kappa shape index (κ1) is 18.9. The van der Waals surface area contributed by atoms with E-state index in [0.29, 0.717) is 31.8 Å². The number of nitrogens with one attached hydrogen (secondary N) is 1. The van der Waals surface area contributed by atoms with E-state index in [4.69, 9.17) is 20.3 Å². The summed E-state index contributed by atoms with van der Waals surface area (Å²) in [5.41, 5.74) is 6.22. The van der Waals surface area contributed by atoms with E-state index < -0.39 is 0 Å². The summed E-state index contributed by atoms with van der Waals surface area (Å²) in [6.07, 6.45) is 4.19. The topological polar surface area (TPSA) is 114 Å². The Morgan fingerprint density at radius 1 is 1.58 bits per heavy atom. The highest BCUT2D eigenvalue weighted by Gasteiger charge is 2.38. The molecule has 0 aromatic rings. The number of ether oxygens (including phenoxy) is 2. The molecule has 136 valence electrons. The average molecular weight is 341 g/mol. The van der Waals surface area contributed by atoms with E-state index in [2.05, 4.69) is 10.2 Å². The zero-order valence-electron chi connectivity index (χ0n) is 14.0. The summed E-state index contributed by atoms with van der Waals surface area (Å²) >= 11 is 0. The minimum absolute atomic E-state index is 0.00343. The minimum Gasteiger partial charge on any atom is -0.434 e. The summed E-state index contributed by atoms with van der Waals surface area (Å²) < 4.78 is 10.7. The summed E-state index contributed by atoms with van der Waals surface area (Å²) in [6, 6.07) is -0.746. The van der Waals surface area contributed by atoms with E-state index in [9.17, 15) is 9.59 Å². The molecule has 0 saturated carbocycles. The molecule has 8 heteroatoms. The number of carbonyl (C=O) groups excluding carboxylic acids is 2. The molecule has 1 saturated heterocycles. The lowest BCUT2D eigenvalue weighted by molar-refractivity contribution is -0.126. The molecule has 1 aliphatic heterocycles. The number of piperidine rings is 1. The first-order valence-corrected chi connectivity index (χ1v) is 8.35. The van der Waals surface area contributed by atoms with E-state index in [1.54, 1.807) is 0 Å². The predicted octanol–water partition coefficient (Wildman–Crippen LogP) is -0.879. The first-order chi connectivity index (χ1) is 11.5. The summed E-state index contributed by atoms with van der Waals surface area (Å²) in [5, 5.41) is 11.8. The van der Waals surface area contributed by atoms with Crippen molar-refractivity contribution in [1.82, 2.24) is 10.2 Å². The zero-order valence-corrected chi connectivity index (χ0v) is 14.0. The monoisotopic (exact) mass is 341 g/mol. The van der Waals surface area contributed by atoms with Crippen molar-refractivity contribution in [3.05, 3.63) is 11.8 Å². The van der Waals surface area contributed by atoms with Gasteiger partial charge in [-0.3, -0.25) is 14.5 Å². The average Bonchev–Trinajstić information content (AvgIpc) is 2.55. The van der Waals surface area contributed by atoms with Gasteiger partial charge in [0, 0.05) is 25.9 Å². The van der Waals surface area contributed by atoms with Crippen molar-refractivity contribution >= 4 is 12.4 Å². The van der Waals surface area contributed by atoms with Gasteiger partial charge < -0.3 is 25.6 Å². The Labute approximate surface area is 142 Å². The maximum atomic E-state index is 11.6.